The van der Waals surface area contributed by atoms with Crippen molar-refractivity contribution >= 4 is 5.78 Å². The van der Waals surface area contributed by atoms with Crippen molar-refractivity contribution in [2.75, 3.05) is 19.8 Å². The first-order valence-corrected chi connectivity index (χ1v) is 26.3. The molecule has 0 spiro atoms. The van der Waals surface area contributed by atoms with Crippen LogP contribution in [0.3, 0.4) is 0 Å². The molecule has 4 saturated heterocycles. The second-order valence-electron chi connectivity index (χ2n) is 23.2. The maximum absolute atomic E-state index is 14.5. The number of fused-ring (bicyclic) bond motifs is 7. The number of carbonyl (C=O) groups is 1. The van der Waals surface area contributed by atoms with E-state index >= 15 is 0 Å². The molecule has 0 radical (unpaired) electrons. The van der Waals surface area contributed by atoms with E-state index in [1.54, 1.807) is 0 Å². The molecule has 73 heavy (non-hydrogen) atoms. The molecule has 0 amide bonds. The standard InChI is InChI=1S/C51H80O22/c1-19(18-65-46-40(61)39(60)36(57)31(16-52)70-46)7-10-28-20(2)33-30(68-28)14-26-24-9-8-23-13-29(27(54)15-51(23,6)25(24)11-12-50(26,33)5)69-49-45(73-48-42(63)38(59)35(56)22(4)67-48)43(64)44(32(17-53)71-49)72-47-41(62)37(58)34(55)21(3)66-47/h8,19,21-22,24-26,29-49,52-53,55-64H,7,9-18H2,1-6H3/t19-,21-,22-,24-,25+,26+,29-,30+,31-,32-,33+,34-,35-,36-,37+,38+,39+,40-,41-,42-,43+,44-,45-,46-,47+,48+,49-,50+,51+/m1/s1. The van der Waals surface area contributed by atoms with E-state index in [0.717, 1.165) is 43.4 Å². The Hall–Kier alpha value is -1.85. The van der Waals surface area contributed by atoms with Crippen molar-refractivity contribution in [1.82, 2.24) is 0 Å². The van der Waals surface area contributed by atoms with Crippen molar-refractivity contribution in [2.45, 2.75) is 228 Å². The van der Waals surface area contributed by atoms with Gasteiger partial charge in [-0.15, -0.1) is 0 Å². The Morgan fingerprint density at radius 2 is 1.29 bits per heavy atom. The topological polar surface area (TPSA) is 343 Å². The minimum Gasteiger partial charge on any atom is -0.494 e. The highest BCUT2D eigenvalue weighted by atomic mass is 16.8. The molecule has 4 aliphatic carbocycles. The zero-order valence-electron chi connectivity index (χ0n) is 42.4. The molecule has 5 aliphatic heterocycles. The molecule has 9 aliphatic rings. The first-order valence-electron chi connectivity index (χ1n) is 26.3. The zero-order valence-corrected chi connectivity index (χ0v) is 42.4. The number of Topliss-reactive ketones (excluding diaryl/α,β-unsaturated/α-hetero) is 1. The summed E-state index contributed by atoms with van der Waals surface area (Å²) >= 11 is 0. The molecule has 5 heterocycles. The monoisotopic (exact) mass is 1040 g/mol. The van der Waals surface area contributed by atoms with E-state index in [2.05, 4.69) is 26.8 Å². The van der Waals surface area contributed by atoms with E-state index in [9.17, 15) is 66.1 Å². The normalized spacial score (nSPS) is 52.4. The van der Waals surface area contributed by atoms with Gasteiger partial charge in [0.05, 0.1) is 37.8 Å². The molecule has 9 rings (SSSR count). The summed E-state index contributed by atoms with van der Waals surface area (Å²) in [5.41, 5.74) is 1.84. The summed E-state index contributed by atoms with van der Waals surface area (Å²) in [7, 11) is 0. The molecular formula is C51H80O22. The molecule has 0 bridgehead atoms. The van der Waals surface area contributed by atoms with Crippen molar-refractivity contribution in [3.63, 3.8) is 0 Å². The van der Waals surface area contributed by atoms with Gasteiger partial charge in [0.25, 0.3) is 0 Å². The third-order valence-corrected chi connectivity index (χ3v) is 18.7. The Bertz CT molecular complexity index is 2010. The van der Waals surface area contributed by atoms with Crippen LogP contribution in [0.4, 0.5) is 0 Å². The van der Waals surface area contributed by atoms with Gasteiger partial charge in [0.2, 0.25) is 0 Å². The Morgan fingerprint density at radius 3 is 1.92 bits per heavy atom. The van der Waals surface area contributed by atoms with Crippen LogP contribution in [0.5, 0.6) is 0 Å². The van der Waals surface area contributed by atoms with Gasteiger partial charge < -0.3 is 104 Å². The number of hydrogen-bond acceptors (Lipinski definition) is 22. The number of aliphatic hydroxyl groups excluding tert-OH is 12. The largest absolute Gasteiger partial charge is 0.494 e. The van der Waals surface area contributed by atoms with Crippen LogP contribution in [-0.4, -0.2) is 222 Å². The van der Waals surface area contributed by atoms with Crippen molar-refractivity contribution in [1.29, 1.82) is 0 Å². The fourth-order valence-electron chi connectivity index (χ4n) is 14.3. The van der Waals surface area contributed by atoms with Crippen LogP contribution in [0, 0.1) is 40.4 Å². The molecule has 0 unspecified atom stereocenters. The van der Waals surface area contributed by atoms with E-state index in [-0.39, 0.29) is 54.5 Å². The lowest BCUT2D eigenvalue weighted by Gasteiger charge is -2.57. The van der Waals surface area contributed by atoms with Crippen LogP contribution in [0.25, 0.3) is 0 Å². The van der Waals surface area contributed by atoms with E-state index < -0.39 is 148 Å². The number of rotatable bonds is 14. The fraction of sp³-hybridized carbons (Fsp3) is 0.902. The summed E-state index contributed by atoms with van der Waals surface area (Å²) in [6.07, 6.45) is -23.3. The average Bonchev–Trinajstić information content (AvgIpc) is 3.85. The van der Waals surface area contributed by atoms with Crippen molar-refractivity contribution in [3.8, 4) is 0 Å². The minimum absolute atomic E-state index is 0.0252. The molecule has 0 aromatic rings. The van der Waals surface area contributed by atoms with Crippen LogP contribution in [0.2, 0.25) is 0 Å². The van der Waals surface area contributed by atoms with E-state index in [0.29, 0.717) is 18.3 Å². The number of carbonyl (C=O) groups excluding carboxylic acids is 1. The van der Waals surface area contributed by atoms with Gasteiger partial charge in [-0.05, 0) is 93.0 Å². The fourth-order valence-corrected chi connectivity index (χ4v) is 14.3. The summed E-state index contributed by atoms with van der Waals surface area (Å²) in [5, 5.41) is 126. The summed E-state index contributed by atoms with van der Waals surface area (Å²) in [5.74, 6) is 1.93. The Morgan fingerprint density at radius 1 is 0.699 bits per heavy atom. The van der Waals surface area contributed by atoms with Gasteiger partial charge in [0.15, 0.2) is 30.9 Å². The van der Waals surface area contributed by atoms with E-state index in [1.807, 2.05) is 6.92 Å². The second kappa shape index (κ2) is 21.8. The lowest BCUT2D eigenvalue weighted by Crippen LogP contribution is -2.66. The highest BCUT2D eigenvalue weighted by molar-refractivity contribution is 5.86. The molecular weight excluding hydrogens is 965 g/mol. The average molecular weight is 1050 g/mol. The number of ether oxygens (including phenoxy) is 9. The smallest absolute Gasteiger partial charge is 0.187 e. The molecule has 416 valence electrons. The van der Waals surface area contributed by atoms with Crippen molar-refractivity contribution < 1.29 is 109 Å². The van der Waals surface area contributed by atoms with Crippen LogP contribution >= 0.6 is 0 Å². The molecule has 29 atom stereocenters. The van der Waals surface area contributed by atoms with Crippen LogP contribution in [0.1, 0.15) is 92.9 Å². The quantitative estimate of drug-likeness (QED) is 0.0850. The maximum atomic E-state index is 14.5. The Labute approximate surface area is 424 Å². The molecule has 7 fully saturated rings. The Balaban J connectivity index is 0.865. The van der Waals surface area contributed by atoms with Gasteiger partial charge in [0, 0.05) is 25.2 Å². The lowest BCUT2D eigenvalue weighted by atomic mass is 9.47. The molecule has 12 N–H and O–H groups in total. The number of ketones is 1. The van der Waals surface area contributed by atoms with Crippen LogP contribution < -0.4 is 0 Å². The first-order chi connectivity index (χ1) is 34.5. The van der Waals surface area contributed by atoms with Crippen molar-refractivity contribution in [3.05, 3.63) is 23.0 Å². The van der Waals surface area contributed by atoms with E-state index in [4.69, 9.17) is 42.6 Å². The zero-order chi connectivity index (χ0) is 52.7. The highest BCUT2D eigenvalue weighted by Crippen LogP contribution is 2.69. The molecule has 3 saturated carbocycles. The maximum Gasteiger partial charge on any atom is 0.187 e. The predicted molar refractivity (Wildman–Crippen MR) is 248 cm³/mol. The van der Waals surface area contributed by atoms with Gasteiger partial charge in [-0.25, -0.2) is 0 Å². The molecule has 0 aromatic carbocycles. The van der Waals surface area contributed by atoms with Gasteiger partial charge in [0.1, 0.15) is 97.7 Å². The van der Waals surface area contributed by atoms with E-state index in [1.165, 1.54) is 19.4 Å². The highest BCUT2D eigenvalue weighted by Gasteiger charge is 2.65. The van der Waals surface area contributed by atoms with Crippen LogP contribution in [-0.2, 0) is 47.4 Å². The second-order valence-corrected chi connectivity index (χ2v) is 23.2. The summed E-state index contributed by atoms with van der Waals surface area (Å²) < 4.78 is 54.2. The SMILES string of the molecule is CC1=C(CC[C@@H](C)CO[C@@H]2O[C@H](CO)[C@@H](O)[C@H](O)[C@H]2O)O[C@H]2C[C@H]3[C@@H]4CC=C5C[C@@H](O[C@@H]6O[C@H](CO)[C@@H](O[C@@H]7O[C@H](C)[C@@H](O)[C@H](O)[C@H]7O)[C@H](O)[C@H]6O[C@@H]6O[C@H](C)[C@@H](O)[C@H](O)[C@H]6O)C(=O)C[C@]5(C)[C@H]4CC[C@]3(C)[C@@H]12. The molecule has 22 heteroatoms. The van der Waals surface area contributed by atoms with Gasteiger partial charge in [-0.1, -0.05) is 32.4 Å². The summed E-state index contributed by atoms with van der Waals surface area (Å²) in [6.45, 7) is 10.6. The lowest BCUT2D eigenvalue weighted by molar-refractivity contribution is -0.387. The Kier molecular flexibility index (Phi) is 16.7. The van der Waals surface area contributed by atoms with Gasteiger partial charge in [-0.3, -0.25) is 4.79 Å². The third kappa shape index (κ3) is 10.0. The number of aliphatic hydroxyl groups is 12. The van der Waals surface area contributed by atoms with Gasteiger partial charge >= 0.3 is 0 Å². The van der Waals surface area contributed by atoms with Crippen molar-refractivity contribution in [2.24, 2.45) is 40.4 Å². The third-order valence-electron chi connectivity index (χ3n) is 18.7. The summed E-state index contributed by atoms with van der Waals surface area (Å²) in [6, 6.07) is 0. The van der Waals surface area contributed by atoms with Crippen LogP contribution in [0.15, 0.2) is 23.0 Å². The first kappa shape index (κ1) is 55.9. The number of hydrogen-bond donors (Lipinski definition) is 12. The predicted octanol–water partition coefficient (Wildman–Crippen LogP) is -1.85. The summed E-state index contributed by atoms with van der Waals surface area (Å²) in [4.78, 5) is 14.5. The van der Waals surface area contributed by atoms with Gasteiger partial charge in [-0.2, -0.15) is 0 Å². The molecule has 0 aromatic heterocycles. The number of allylic oxidation sites excluding steroid dienone is 2. The minimum atomic E-state index is -1.81. The molecule has 22 nitrogen and oxygen atoms in total.